The van der Waals surface area contributed by atoms with Gasteiger partial charge in [-0.25, -0.2) is 17.6 Å². The van der Waals surface area contributed by atoms with Crippen molar-refractivity contribution in [2.75, 3.05) is 25.0 Å². The Bertz CT molecular complexity index is 991. The molecule has 1 heterocycles. The Hall–Kier alpha value is -1.97. The van der Waals surface area contributed by atoms with Crippen molar-refractivity contribution >= 4 is 37.7 Å². The van der Waals surface area contributed by atoms with Crippen molar-refractivity contribution in [3.05, 3.63) is 58.3 Å². The second-order valence-corrected chi connectivity index (χ2v) is 10.2. The lowest BCUT2D eigenvalue weighted by molar-refractivity contribution is 0.245. The summed E-state index contributed by atoms with van der Waals surface area (Å²) in [4.78, 5) is 12.2. The molecule has 0 atom stereocenters. The highest BCUT2D eigenvalue weighted by atomic mass is 79.9. The van der Waals surface area contributed by atoms with E-state index in [1.165, 1.54) is 16.4 Å². The Balaban J connectivity index is 1.42. The monoisotopic (exact) mass is 497 g/mol. The van der Waals surface area contributed by atoms with E-state index in [-0.39, 0.29) is 10.9 Å². The number of halogens is 2. The van der Waals surface area contributed by atoms with Crippen LogP contribution in [0, 0.1) is 18.7 Å². The molecule has 0 aromatic heterocycles. The molecule has 2 aromatic carbocycles. The Morgan fingerprint density at radius 2 is 1.83 bits per heavy atom. The SMILES string of the molecule is Cc1cc(NC(=O)NCCC2CCN(S(=O)(=O)c3ccc(F)cc3)CC2)ccc1Br. The summed E-state index contributed by atoms with van der Waals surface area (Å²) in [6.45, 7) is 3.33. The van der Waals surface area contributed by atoms with Crippen LogP contribution in [-0.2, 0) is 10.0 Å². The number of aryl methyl sites for hydroxylation is 1. The molecule has 0 unspecified atom stereocenters. The molecule has 0 radical (unpaired) electrons. The molecular formula is C21H25BrFN3O3S. The summed E-state index contributed by atoms with van der Waals surface area (Å²) in [5, 5.41) is 5.67. The maximum Gasteiger partial charge on any atom is 0.319 e. The van der Waals surface area contributed by atoms with E-state index in [2.05, 4.69) is 26.6 Å². The van der Waals surface area contributed by atoms with Crippen LogP contribution in [0.1, 0.15) is 24.8 Å². The smallest absolute Gasteiger partial charge is 0.319 e. The van der Waals surface area contributed by atoms with Gasteiger partial charge >= 0.3 is 6.03 Å². The maximum absolute atomic E-state index is 13.1. The van der Waals surface area contributed by atoms with Gasteiger partial charge in [-0.05, 0) is 80.1 Å². The van der Waals surface area contributed by atoms with Crippen LogP contribution >= 0.6 is 15.9 Å². The van der Waals surface area contributed by atoms with Crippen molar-refractivity contribution in [1.82, 2.24) is 9.62 Å². The van der Waals surface area contributed by atoms with Crippen LogP contribution in [-0.4, -0.2) is 38.4 Å². The van der Waals surface area contributed by atoms with E-state index in [1.807, 2.05) is 25.1 Å². The van der Waals surface area contributed by atoms with Gasteiger partial charge in [0.25, 0.3) is 0 Å². The molecule has 162 valence electrons. The fourth-order valence-corrected chi connectivity index (χ4v) is 5.20. The van der Waals surface area contributed by atoms with Gasteiger partial charge in [-0.3, -0.25) is 0 Å². The molecule has 2 amide bonds. The van der Waals surface area contributed by atoms with Crippen LogP contribution in [0.25, 0.3) is 0 Å². The van der Waals surface area contributed by atoms with Gasteiger partial charge in [0.2, 0.25) is 10.0 Å². The Labute approximate surface area is 185 Å². The number of amides is 2. The largest absolute Gasteiger partial charge is 0.338 e. The average molecular weight is 498 g/mol. The predicted molar refractivity (Wildman–Crippen MR) is 118 cm³/mol. The number of nitrogens with one attached hydrogen (secondary N) is 2. The first kappa shape index (κ1) is 22.7. The maximum atomic E-state index is 13.1. The molecule has 9 heteroatoms. The first-order chi connectivity index (χ1) is 14.3. The molecular weight excluding hydrogens is 473 g/mol. The minimum atomic E-state index is -3.59. The molecule has 6 nitrogen and oxygen atoms in total. The van der Waals surface area contributed by atoms with Gasteiger partial charge in [0.15, 0.2) is 0 Å². The third kappa shape index (κ3) is 5.80. The van der Waals surface area contributed by atoms with E-state index in [0.717, 1.165) is 47.1 Å². The van der Waals surface area contributed by atoms with Crippen LogP contribution in [0.2, 0.25) is 0 Å². The lowest BCUT2D eigenvalue weighted by Crippen LogP contribution is -2.39. The third-order valence-corrected chi connectivity index (χ3v) is 8.08. The van der Waals surface area contributed by atoms with Gasteiger partial charge in [-0.15, -0.1) is 0 Å². The lowest BCUT2D eigenvalue weighted by Gasteiger charge is -2.31. The van der Waals surface area contributed by atoms with E-state index >= 15 is 0 Å². The van der Waals surface area contributed by atoms with Crippen molar-refractivity contribution in [2.24, 2.45) is 5.92 Å². The average Bonchev–Trinajstić information content (AvgIpc) is 2.71. The molecule has 3 rings (SSSR count). The van der Waals surface area contributed by atoms with Crippen LogP contribution < -0.4 is 10.6 Å². The standard InChI is InChI=1S/C21H25BrFN3O3S/c1-15-14-18(4-7-20(15)22)25-21(27)24-11-8-16-9-12-26(13-10-16)30(28,29)19-5-2-17(23)3-6-19/h2-7,14,16H,8-13H2,1H3,(H2,24,25,27). The van der Waals surface area contributed by atoms with Crippen molar-refractivity contribution in [1.29, 1.82) is 0 Å². The number of urea groups is 1. The molecule has 1 aliphatic rings. The summed E-state index contributed by atoms with van der Waals surface area (Å²) in [6, 6.07) is 10.3. The molecule has 0 bridgehead atoms. The first-order valence-corrected chi connectivity index (χ1v) is 12.1. The van der Waals surface area contributed by atoms with Gasteiger partial charge in [0.05, 0.1) is 4.90 Å². The van der Waals surface area contributed by atoms with E-state index in [9.17, 15) is 17.6 Å². The fourth-order valence-electron chi connectivity index (χ4n) is 3.48. The quantitative estimate of drug-likeness (QED) is 0.616. The zero-order valence-corrected chi connectivity index (χ0v) is 19.1. The van der Waals surface area contributed by atoms with Crippen LogP contribution in [0.3, 0.4) is 0 Å². The molecule has 2 N–H and O–H groups in total. The molecule has 0 aliphatic carbocycles. The van der Waals surface area contributed by atoms with E-state index < -0.39 is 15.8 Å². The number of benzene rings is 2. The zero-order valence-electron chi connectivity index (χ0n) is 16.7. The molecule has 0 saturated carbocycles. The third-order valence-electron chi connectivity index (χ3n) is 5.28. The number of sulfonamides is 1. The first-order valence-electron chi connectivity index (χ1n) is 9.82. The van der Waals surface area contributed by atoms with Gasteiger partial charge in [0, 0.05) is 29.8 Å². The number of carbonyl (C=O) groups is 1. The van der Waals surface area contributed by atoms with E-state index in [0.29, 0.717) is 25.6 Å². The molecule has 1 saturated heterocycles. The summed E-state index contributed by atoms with van der Waals surface area (Å²) in [5.41, 5.74) is 1.77. The van der Waals surface area contributed by atoms with Crippen LogP contribution in [0.5, 0.6) is 0 Å². The summed E-state index contributed by atoms with van der Waals surface area (Å²) in [7, 11) is -3.59. The number of carbonyl (C=O) groups excluding carboxylic acids is 1. The Kier molecular flexibility index (Phi) is 7.49. The second-order valence-electron chi connectivity index (χ2n) is 7.43. The number of hydrogen-bond acceptors (Lipinski definition) is 3. The highest BCUT2D eigenvalue weighted by Crippen LogP contribution is 2.25. The lowest BCUT2D eigenvalue weighted by atomic mass is 9.95. The highest BCUT2D eigenvalue weighted by Gasteiger charge is 2.29. The predicted octanol–water partition coefficient (Wildman–Crippen LogP) is 4.51. The van der Waals surface area contributed by atoms with Crippen LogP contribution in [0.15, 0.2) is 51.8 Å². The fraction of sp³-hybridized carbons (Fsp3) is 0.381. The summed E-state index contributed by atoms with van der Waals surface area (Å²) >= 11 is 3.43. The minimum absolute atomic E-state index is 0.115. The van der Waals surface area contributed by atoms with E-state index in [4.69, 9.17) is 0 Å². The van der Waals surface area contributed by atoms with Crippen LogP contribution in [0.4, 0.5) is 14.9 Å². The number of hydrogen-bond donors (Lipinski definition) is 2. The van der Waals surface area contributed by atoms with Gasteiger partial charge < -0.3 is 10.6 Å². The van der Waals surface area contributed by atoms with Gasteiger partial charge in [0.1, 0.15) is 5.82 Å². The zero-order chi connectivity index (χ0) is 21.7. The summed E-state index contributed by atoms with van der Waals surface area (Å²) in [6.07, 6.45) is 2.25. The molecule has 1 fully saturated rings. The van der Waals surface area contributed by atoms with Gasteiger partial charge in [-0.2, -0.15) is 4.31 Å². The normalized spacial score (nSPS) is 15.7. The topological polar surface area (TPSA) is 78.5 Å². The summed E-state index contributed by atoms with van der Waals surface area (Å²) < 4.78 is 40.8. The van der Waals surface area contributed by atoms with Crippen molar-refractivity contribution < 1.29 is 17.6 Å². The van der Waals surface area contributed by atoms with Crippen molar-refractivity contribution in [3.8, 4) is 0 Å². The van der Waals surface area contributed by atoms with E-state index in [1.54, 1.807) is 0 Å². The number of anilines is 1. The number of piperidine rings is 1. The van der Waals surface area contributed by atoms with Gasteiger partial charge in [-0.1, -0.05) is 15.9 Å². The number of rotatable bonds is 6. The molecule has 0 spiro atoms. The Morgan fingerprint density at radius 1 is 1.17 bits per heavy atom. The van der Waals surface area contributed by atoms with Crippen molar-refractivity contribution in [3.63, 3.8) is 0 Å². The molecule has 2 aromatic rings. The second kappa shape index (κ2) is 9.89. The molecule has 1 aliphatic heterocycles. The summed E-state index contributed by atoms with van der Waals surface area (Å²) in [5.74, 6) is -0.112. The van der Waals surface area contributed by atoms with Crippen molar-refractivity contribution in [2.45, 2.75) is 31.1 Å². The Morgan fingerprint density at radius 3 is 2.47 bits per heavy atom. The molecule has 30 heavy (non-hydrogen) atoms. The highest BCUT2D eigenvalue weighted by molar-refractivity contribution is 9.10. The number of nitrogens with zero attached hydrogens (tertiary/aromatic N) is 1. The minimum Gasteiger partial charge on any atom is -0.338 e.